The molecule has 1 aliphatic rings. The van der Waals surface area contributed by atoms with Gasteiger partial charge in [-0.05, 0) is 60.6 Å². The normalized spacial score (nSPS) is 15.8. The van der Waals surface area contributed by atoms with E-state index in [-0.39, 0.29) is 4.32 Å². The van der Waals surface area contributed by atoms with E-state index in [0.717, 1.165) is 16.8 Å². The summed E-state index contributed by atoms with van der Waals surface area (Å²) in [6.45, 7) is 1.71. The van der Waals surface area contributed by atoms with Crippen molar-refractivity contribution in [2.75, 3.05) is 0 Å². The van der Waals surface area contributed by atoms with Gasteiger partial charge in [-0.2, -0.15) is 5.01 Å². The first kappa shape index (κ1) is 22.8. The minimum absolute atomic E-state index is 0.177. The maximum absolute atomic E-state index is 12.8. The summed E-state index contributed by atoms with van der Waals surface area (Å²) in [7, 11) is 0. The molecule has 1 heterocycles. The van der Waals surface area contributed by atoms with Gasteiger partial charge in [0.1, 0.15) is 5.75 Å². The number of thiocarbonyl (C=S) groups is 1. The third-order valence-electron chi connectivity index (χ3n) is 4.17. The number of amides is 2. The van der Waals surface area contributed by atoms with Gasteiger partial charge < -0.3 is 9.84 Å². The standard InChI is InChI=1S/C21H17ClN2O5S2/c1-2-16(20(27)28)29-15-8-3-5-12(9-15)10-17-19(26)24(21(30)31-17)23-18(25)13-6-4-7-14(22)11-13/h3-11,16H,2H2,1H3,(H,23,25)(H,27,28)/b17-10+. The van der Waals surface area contributed by atoms with Crippen LogP contribution in [0.25, 0.3) is 6.08 Å². The van der Waals surface area contributed by atoms with Gasteiger partial charge in [-0.15, -0.1) is 0 Å². The van der Waals surface area contributed by atoms with Gasteiger partial charge >= 0.3 is 5.97 Å². The van der Waals surface area contributed by atoms with E-state index in [4.69, 9.17) is 33.7 Å². The summed E-state index contributed by atoms with van der Waals surface area (Å²) in [4.78, 5) is 36.7. The van der Waals surface area contributed by atoms with Crippen molar-refractivity contribution in [3.63, 3.8) is 0 Å². The molecular weight excluding hydrogens is 460 g/mol. The van der Waals surface area contributed by atoms with Crippen molar-refractivity contribution < 1.29 is 24.2 Å². The summed E-state index contributed by atoms with van der Waals surface area (Å²) in [6, 6.07) is 13.0. The van der Waals surface area contributed by atoms with Crippen molar-refractivity contribution in [1.82, 2.24) is 10.4 Å². The number of aliphatic carboxylic acids is 1. The average molecular weight is 477 g/mol. The summed E-state index contributed by atoms with van der Waals surface area (Å²) in [5.41, 5.74) is 3.40. The van der Waals surface area contributed by atoms with Crippen LogP contribution in [0.2, 0.25) is 5.02 Å². The third kappa shape index (κ3) is 5.63. The topological polar surface area (TPSA) is 95.9 Å². The van der Waals surface area contributed by atoms with Gasteiger partial charge in [0.05, 0.1) is 4.91 Å². The molecule has 0 spiro atoms. The maximum atomic E-state index is 12.8. The molecular formula is C21H17ClN2O5S2. The Kier molecular flexibility index (Phi) is 7.32. The van der Waals surface area contributed by atoms with Crippen LogP contribution in [-0.2, 0) is 9.59 Å². The molecule has 0 radical (unpaired) electrons. The second-order valence-corrected chi connectivity index (χ2v) is 8.51. The molecule has 10 heteroatoms. The van der Waals surface area contributed by atoms with Gasteiger partial charge in [0.25, 0.3) is 11.8 Å². The van der Waals surface area contributed by atoms with Crippen LogP contribution in [0.5, 0.6) is 5.75 Å². The minimum atomic E-state index is -1.05. The quantitative estimate of drug-likeness (QED) is 0.458. The fraction of sp³-hybridized carbons (Fsp3) is 0.143. The van der Waals surface area contributed by atoms with Gasteiger partial charge in [-0.3, -0.25) is 15.0 Å². The minimum Gasteiger partial charge on any atom is -0.479 e. The van der Waals surface area contributed by atoms with E-state index in [9.17, 15) is 14.4 Å². The van der Waals surface area contributed by atoms with Crippen LogP contribution < -0.4 is 10.2 Å². The van der Waals surface area contributed by atoms with Crippen molar-refractivity contribution >= 4 is 63.8 Å². The van der Waals surface area contributed by atoms with Crippen molar-refractivity contribution in [3.05, 3.63) is 69.6 Å². The number of nitrogens with zero attached hydrogens (tertiary/aromatic N) is 1. The molecule has 1 unspecified atom stereocenters. The number of ether oxygens (including phenoxy) is 1. The highest BCUT2D eigenvalue weighted by Gasteiger charge is 2.33. The Morgan fingerprint density at radius 3 is 2.71 bits per heavy atom. The first-order chi connectivity index (χ1) is 14.8. The number of carbonyl (C=O) groups excluding carboxylic acids is 2. The van der Waals surface area contributed by atoms with E-state index < -0.39 is 23.9 Å². The van der Waals surface area contributed by atoms with Crippen LogP contribution in [0.15, 0.2) is 53.4 Å². The Hall–Kier alpha value is -2.88. The second kappa shape index (κ2) is 9.95. The number of nitrogens with one attached hydrogen (secondary N) is 1. The molecule has 7 nitrogen and oxygen atoms in total. The Balaban J connectivity index is 1.75. The fourth-order valence-corrected chi connectivity index (χ4v) is 4.03. The molecule has 2 aromatic rings. The molecule has 1 atom stereocenters. The molecule has 1 aliphatic heterocycles. The Morgan fingerprint density at radius 2 is 2.03 bits per heavy atom. The van der Waals surface area contributed by atoms with Crippen molar-refractivity contribution in [2.45, 2.75) is 19.4 Å². The van der Waals surface area contributed by atoms with Crippen molar-refractivity contribution in [1.29, 1.82) is 0 Å². The van der Waals surface area contributed by atoms with Gasteiger partial charge in [0.15, 0.2) is 10.4 Å². The van der Waals surface area contributed by atoms with E-state index in [0.29, 0.717) is 33.2 Å². The van der Waals surface area contributed by atoms with Crippen LogP contribution in [0.4, 0.5) is 0 Å². The van der Waals surface area contributed by atoms with Crippen molar-refractivity contribution in [3.8, 4) is 5.75 Å². The highest BCUT2D eigenvalue weighted by Crippen LogP contribution is 2.32. The SMILES string of the molecule is CCC(Oc1cccc(/C=C2/SC(=S)N(NC(=O)c3cccc(Cl)c3)C2=O)c1)C(=O)O. The molecule has 1 fully saturated rings. The first-order valence-corrected chi connectivity index (χ1v) is 10.7. The molecule has 0 aromatic heterocycles. The van der Waals surface area contributed by atoms with Crippen molar-refractivity contribution in [2.24, 2.45) is 0 Å². The number of carbonyl (C=O) groups is 3. The molecule has 0 aliphatic carbocycles. The predicted molar refractivity (Wildman–Crippen MR) is 123 cm³/mol. The van der Waals surface area contributed by atoms with Gasteiger partial charge in [-0.25, -0.2) is 4.79 Å². The summed E-state index contributed by atoms with van der Waals surface area (Å²) >= 11 is 12.2. The highest BCUT2D eigenvalue weighted by atomic mass is 35.5. The van der Waals surface area contributed by atoms with Crippen LogP contribution in [-0.4, -0.2) is 38.3 Å². The maximum Gasteiger partial charge on any atom is 0.344 e. The fourth-order valence-electron chi connectivity index (χ4n) is 2.66. The Bertz CT molecular complexity index is 1090. The number of carboxylic acids is 1. The number of hydrazine groups is 1. The number of hydrogen-bond acceptors (Lipinski definition) is 6. The number of hydrogen-bond donors (Lipinski definition) is 2. The third-order valence-corrected chi connectivity index (χ3v) is 5.71. The number of thioether (sulfide) groups is 1. The monoisotopic (exact) mass is 476 g/mol. The molecule has 160 valence electrons. The zero-order valence-corrected chi connectivity index (χ0v) is 18.6. The average Bonchev–Trinajstić information content (AvgIpc) is 2.99. The molecule has 2 N–H and O–H groups in total. The Morgan fingerprint density at radius 1 is 1.29 bits per heavy atom. The molecule has 2 aromatic carbocycles. The molecule has 0 saturated carbocycles. The van der Waals surface area contributed by atoms with Gasteiger partial charge in [0, 0.05) is 10.6 Å². The first-order valence-electron chi connectivity index (χ1n) is 9.12. The van der Waals surface area contributed by atoms with E-state index >= 15 is 0 Å². The summed E-state index contributed by atoms with van der Waals surface area (Å²) in [5, 5.41) is 10.6. The molecule has 31 heavy (non-hydrogen) atoms. The van der Waals surface area contributed by atoms with Crippen LogP contribution in [0.3, 0.4) is 0 Å². The lowest BCUT2D eigenvalue weighted by atomic mass is 10.2. The van der Waals surface area contributed by atoms with Gasteiger partial charge in [0.2, 0.25) is 0 Å². The van der Waals surface area contributed by atoms with E-state index in [1.165, 1.54) is 6.07 Å². The lowest BCUT2D eigenvalue weighted by Crippen LogP contribution is -2.44. The number of halogens is 1. The van der Waals surface area contributed by atoms with Crippen LogP contribution in [0, 0.1) is 0 Å². The van der Waals surface area contributed by atoms with E-state index in [1.807, 2.05) is 0 Å². The molecule has 0 bridgehead atoms. The predicted octanol–water partition coefficient (Wildman–Crippen LogP) is 4.13. The zero-order valence-electron chi connectivity index (χ0n) is 16.2. The van der Waals surface area contributed by atoms with Crippen LogP contribution >= 0.6 is 35.6 Å². The number of rotatable bonds is 7. The second-order valence-electron chi connectivity index (χ2n) is 6.39. The lowest BCUT2D eigenvalue weighted by Gasteiger charge is -2.15. The summed E-state index contributed by atoms with van der Waals surface area (Å²) < 4.78 is 5.66. The summed E-state index contributed by atoms with van der Waals surface area (Å²) in [6.07, 6.45) is 0.944. The lowest BCUT2D eigenvalue weighted by molar-refractivity contribution is -0.145. The molecule has 3 rings (SSSR count). The Labute approximate surface area is 193 Å². The van der Waals surface area contributed by atoms with E-state index in [2.05, 4.69) is 5.43 Å². The number of benzene rings is 2. The largest absolute Gasteiger partial charge is 0.479 e. The van der Waals surface area contributed by atoms with E-state index in [1.54, 1.807) is 55.5 Å². The smallest absolute Gasteiger partial charge is 0.344 e. The highest BCUT2D eigenvalue weighted by molar-refractivity contribution is 8.26. The molecule has 2 amide bonds. The zero-order chi connectivity index (χ0) is 22.5. The van der Waals surface area contributed by atoms with Crippen LogP contribution in [0.1, 0.15) is 29.3 Å². The van der Waals surface area contributed by atoms with Gasteiger partial charge in [-0.1, -0.05) is 48.5 Å². The number of carboxylic acid groups (broad SMARTS) is 1. The molecule has 1 saturated heterocycles. The summed E-state index contributed by atoms with van der Waals surface area (Å²) in [5.74, 6) is -1.68.